The van der Waals surface area contributed by atoms with Gasteiger partial charge in [-0.15, -0.1) is 0 Å². The molecule has 9 heteroatoms. The summed E-state index contributed by atoms with van der Waals surface area (Å²) in [6.45, 7) is 1.01. The van der Waals surface area contributed by atoms with Crippen molar-refractivity contribution < 1.29 is 17.9 Å². The summed E-state index contributed by atoms with van der Waals surface area (Å²) >= 11 is 0. The molecule has 1 saturated heterocycles. The van der Waals surface area contributed by atoms with Gasteiger partial charge in [0.1, 0.15) is 11.4 Å². The highest BCUT2D eigenvalue weighted by Gasteiger charge is 2.26. The van der Waals surface area contributed by atoms with Gasteiger partial charge in [-0.05, 0) is 37.1 Å². The van der Waals surface area contributed by atoms with Crippen molar-refractivity contribution >= 4 is 21.6 Å². The molecule has 2 aromatic carbocycles. The first-order chi connectivity index (χ1) is 15.5. The van der Waals surface area contributed by atoms with Gasteiger partial charge in [0.2, 0.25) is 10.0 Å². The number of hydrogen-bond donors (Lipinski definition) is 2. The van der Waals surface area contributed by atoms with Crippen molar-refractivity contribution in [2.75, 3.05) is 25.5 Å². The van der Waals surface area contributed by atoms with Crippen molar-refractivity contribution in [1.29, 1.82) is 0 Å². The van der Waals surface area contributed by atoms with Crippen molar-refractivity contribution in [3.63, 3.8) is 0 Å². The number of carbonyl (C=O) groups excluding carboxylic acids is 1. The second-order valence-electron chi connectivity index (χ2n) is 7.67. The number of anilines is 1. The molecule has 0 radical (unpaired) electrons. The second-order valence-corrected chi connectivity index (χ2v) is 9.61. The number of carbonyl (C=O) groups is 1. The molecule has 0 bridgehead atoms. The Balaban J connectivity index is 1.58. The molecule has 1 aliphatic heterocycles. The molecule has 2 heterocycles. The van der Waals surface area contributed by atoms with Gasteiger partial charge in [-0.3, -0.25) is 9.89 Å². The molecular weight excluding hydrogens is 428 g/mol. The molecule has 0 saturated carbocycles. The molecule has 4 rings (SSSR count). The Hall–Kier alpha value is -3.17. The maximum Gasteiger partial charge on any atom is 0.273 e. The van der Waals surface area contributed by atoms with Crippen molar-refractivity contribution in [2.24, 2.45) is 0 Å². The second kappa shape index (κ2) is 9.54. The van der Waals surface area contributed by atoms with Crippen molar-refractivity contribution in [1.82, 2.24) is 14.5 Å². The Bertz CT molecular complexity index is 1180. The van der Waals surface area contributed by atoms with Crippen LogP contribution in [0.15, 0.2) is 59.5 Å². The van der Waals surface area contributed by atoms with Crippen LogP contribution in [0.4, 0.5) is 5.69 Å². The Morgan fingerprint density at radius 1 is 1.03 bits per heavy atom. The first-order valence-corrected chi connectivity index (χ1v) is 12.0. The molecule has 1 fully saturated rings. The molecule has 1 aliphatic rings. The van der Waals surface area contributed by atoms with E-state index < -0.39 is 15.9 Å². The van der Waals surface area contributed by atoms with Crippen LogP contribution in [0.25, 0.3) is 11.3 Å². The number of nitrogens with one attached hydrogen (secondary N) is 2. The van der Waals surface area contributed by atoms with Gasteiger partial charge in [-0.1, -0.05) is 43.2 Å². The summed E-state index contributed by atoms with van der Waals surface area (Å²) in [7, 11) is -2.19. The molecule has 8 nitrogen and oxygen atoms in total. The fourth-order valence-electron chi connectivity index (χ4n) is 3.76. The minimum Gasteiger partial charge on any atom is -0.495 e. The smallest absolute Gasteiger partial charge is 0.273 e. The number of sulfonamides is 1. The van der Waals surface area contributed by atoms with Crippen LogP contribution in [0, 0.1) is 0 Å². The van der Waals surface area contributed by atoms with E-state index in [1.807, 2.05) is 30.3 Å². The number of aromatic nitrogens is 2. The van der Waals surface area contributed by atoms with Crippen LogP contribution in [0.3, 0.4) is 0 Å². The lowest BCUT2D eigenvalue weighted by Crippen LogP contribution is -2.32. The molecule has 1 aromatic heterocycles. The molecule has 0 atom stereocenters. The van der Waals surface area contributed by atoms with E-state index in [4.69, 9.17) is 4.74 Å². The molecule has 0 aliphatic carbocycles. The minimum absolute atomic E-state index is 0.130. The van der Waals surface area contributed by atoms with Crippen LogP contribution in [-0.4, -0.2) is 49.0 Å². The highest BCUT2D eigenvalue weighted by molar-refractivity contribution is 7.89. The number of aromatic amines is 1. The zero-order chi connectivity index (χ0) is 22.6. The summed E-state index contributed by atoms with van der Waals surface area (Å²) in [5, 5.41) is 9.69. The van der Waals surface area contributed by atoms with Gasteiger partial charge in [-0.25, -0.2) is 8.42 Å². The van der Waals surface area contributed by atoms with E-state index in [1.165, 1.54) is 23.5 Å². The van der Waals surface area contributed by atoms with E-state index in [0.717, 1.165) is 31.2 Å². The van der Waals surface area contributed by atoms with Gasteiger partial charge in [0.25, 0.3) is 5.91 Å². The highest BCUT2D eigenvalue weighted by atomic mass is 32.2. The van der Waals surface area contributed by atoms with Crippen LogP contribution in [-0.2, 0) is 10.0 Å². The first-order valence-electron chi connectivity index (χ1n) is 10.6. The van der Waals surface area contributed by atoms with E-state index in [0.29, 0.717) is 24.5 Å². The fourth-order valence-corrected chi connectivity index (χ4v) is 5.30. The lowest BCUT2D eigenvalue weighted by molar-refractivity contribution is 0.102. The summed E-state index contributed by atoms with van der Waals surface area (Å²) in [4.78, 5) is 13.0. The topological polar surface area (TPSA) is 104 Å². The Morgan fingerprint density at radius 3 is 2.44 bits per heavy atom. The molecule has 0 unspecified atom stereocenters. The van der Waals surface area contributed by atoms with E-state index in [-0.39, 0.29) is 16.3 Å². The Morgan fingerprint density at radius 2 is 1.75 bits per heavy atom. The lowest BCUT2D eigenvalue weighted by atomic mass is 10.1. The normalized spacial score (nSPS) is 15.2. The summed E-state index contributed by atoms with van der Waals surface area (Å²) in [6, 6.07) is 15.7. The van der Waals surface area contributed by atoms with Crippen LogP contribution >= 0.6 is 0 Å². The number of ether oxygens (including phenoxy) is 1. The van der Waals surface area contributed by atoms with E-state index in [9.17, 15) is 13.2 Å². The average Bonchev–Trinajstić information content (AvgIpc) is 3.14. The maximum atomic E-state index is 13.2. The summed E-state index contributed by atoms with van der Waals surface area (Å²) in [5.74, 6) is -0.0710. The number of rotatable bonds is 6. The monoisotopic (exact) mass is 454 g/mol. The van der Waals surface area contributed by atoms with Crippen molar-refractivity contribution in [2.45, 2.75) is 30.6 Å². The zero-order valence-corrected chi connectivity index (χ0v) is 18.7. The maximum absolute atomic E-state index is 13.2. The van der Waals surface area contributed by atoms with E-state index >= 15 is 0 Å². The standard InChI is InChI=1S/C23H26N4O4S/c1-31-22-12-11-18(32(29,30)27-13-7-2-3-8-14-27)15-20(22)24-23(28)21-16-19(25-26-21)17-9-5-4-6-10-17/h4-6,9-12,15-16H,2-3,7-8,13-14H2,1H3,(H,24,28)(H,25,26). The summed E-state index contributed by atoms with van der Waals surface area (Å²) < 4.78 is 33.2. The Kier molecular flexibility index (Phi) is 6.57. The first kappa shape index (κ1) is 22.0. The predicted octanol–water partition coefficient (Wildman–Crippen LogP) is 3.90. The highest BCUT2D eigenvalue weighted by Crippen LogP contribution is 2.30. The number of amides is 1. The number of hydrogen-bond acceptors (Lipinski definition) is 5. The van der Waals surface area contributed by atoms with Crippen molar-refractivity contribution in [3.05, 3.63) is 60.3 Å². The quantitative estimate of drug-likeness (QED) is 0.588. The van der Waals surface area contributed by atoms with Gasteiger partial charge in [0.05, 0.1) is 23.4 Å². The lowest BCUT2D eigenvalue weighted by Gasteiger charge is -2.21. The van der Waals surface area contributed by atoms with Gasteiger partial charge < -0.3 is 10.1 Å². The fraction of sp³-hybridized carbons (Fsp3) is 0.304. The minimum atomic E-state index is -3.66. The van der Waals surface area contributed by atoms with Gasteiger partial charge in [0.15, 0.2) is 0 Å². The number of nitrogens with zero attached hydrogens (tertiary/aromatic N) is 2. The summed E-state index contributed by atoms with van der Waals surface area (Å²) in [5.41, 5.74) is 2.06. The summed E-state index contributed by atoms with van der Waals surface area (Å²) in [6.07, 6.45) is 3.77. The largest absolute Gasteiger partial charge is 0.495 e. The number of H-pyrrole nitrogens is 1. The van der Waals surface area contributed by atoms with Crippen LogP contribution < -0.4 is 10.1 Å². The molecule has 32 heavy (non-hydrogen) atoms. The van der Waals surface area contributed by atoms with Crippen LogP contribution in [0.5, 0.6) is 5.75 Å². The zero-order valence-electron chi connectivity index (χ0n) is 17.9. The third-order valence-electron chi connectivity index (χ3n) is 5.51. The molecular formula is C23H26N4O4S. The third kappa shape index (κ3) is 4.68. The predicted molar refractivity (Wildman–Crippen MR) is 122 cm³/mol. The Labute approximate surface area is 187 Å². The van der Waals surface area contributed by atoms with Gasteiger partial charge in [-0.2, -0.15) is 9.40 Å². The molecule has 1 amide bonds. The SMILES string of the molecule is COc1ccc(S(=O)(=O)N2CCCCCC2)cc1NC(=O)c1cc(-c2ccccc2)n[nH]1. The van der Waals surface area contributed by atoms with E-state index in [2.05, 4.69) is 15.5 Å². The molecule has 2 N–H and O–H groups in total. The van der Waals surface area contributed by atoms with Crippen LogP contribution in [0.2, 0.25) is 0 Å². The van der Waals surface area contributed by atoms with Crippen LogP contribution in [0.1, 0.15) is 36.2 Å². The van der Waals surface area contributed by atoms with Gasteiger partial charge in [0, 0.05) is 18.7 Å². The average molecular weight is 455 g/mol. The molecule has 168 valence electrons. The van der Waals surface area contributed by atoms with Crippen molar-refractivity contribution in [3.8, 4) is 17.0 Å². The number of methoxy groups -OCH3 is 1. The van der Waals surface area contributed by atoms with E-state index in [1.54, 1.807) is 12.1 Å². The van der Waals surface area contributed by atoms with Gasteiger partial charge >= 0.3 is 0 Å². The number of benzene rings is 2. The molecule has 3 aromatic rings. The molecule has 0 spiro atoms. The third-order valence-corrected chi connectivity index (χ3v) is 7.41.